The van der Waals surface area contributed by atoms with Crippen molar-refractivity contribution in [2.45, 2.75) is 39.3 Å². The molecule has 0 bridgehead atoms. The number of ether oxygens (including phenoxy) is 1. The van der Waals surface area contributed by atoms with Gasteiger partial charge in [-0.1, -0.05) is 6.07 Å². The molecule has 6 nitrogen and oxygen atoms in total. The van der Waals surface area contributed by atoms with E-state index in [-0.39, 0.29) is 29.9 Å². The summed E-state index contributed by atoms with van der Waals surface area (Å²) in [6, 6.07) is 6.83. The first-order valence-corrected chi connectivity index (χ1v) is 7.70. The summed E-state index contributed by atoms with van der Waals surface area (Å²) in [5.41, 5.74) is 0.400. The Hall–Kier alpha value is -2.08. The molecule has 23 heavy (non-hydrogen) atoms. The molecule has 1 aromatic carbocycles. The van der Waals surface area contributed by atoms with Crippen LogP contribution < -0.4 is 20.3 Å². The van der Waals surface area contributed by atoms with E-state index in [9.17, 15) is 9.59 Å². The summed E-state index contributed by atoms with van der Waals surface area (Å²) >= 11 is 0. The van der Waals surface area contributed by atoms with E-state index in [0.29, 0.717) is 11.4 Å². The maximum atomic E-state index is 12.3. The minimum absolute atomic E-state index is 0.0731. The molecule has 2 atom stereocenters. The van der Waals surface area contributed by atoms with Crippen LogP contribution in [0.1, 0.15) is 27.7 Å². The SMILES string of the molecule is COc1cccc(NC(=O)[C@H](C)[NH+](C)CC(=O)NC(C)(C)C)c1. The van der Waals surface area contributed by atoms with Crippen LogP contribution in [-0.2, 0) is 9.59 Å². The smallest absolute Gasteiger partial charge is 0.282 e. The fourth-order valence-electron chi connectivity index (χ4n) is 2.04. The first-order chi connectivity index (χ1) is 10.6. The van der Waals surface area contributed by atoms with Crippen LogP contribution in [0.3, 0.4) is 0 Å². The third-order valence-electron chi connectivity index (χ3n) is 3.42. The largest absolute Gasteiger partial charge is 0.497 e. The Bertz CT molecular complexity index is 552. The minimum atomic E-state index is -0.355. The Morgan fingerprint density at radius 2 is 1.96 bits per heavy atom. The van der Waals surface area contributed by atoms with Crippen LogP contribution in [0.5, 0.6) is 5.75 Å². The lowest BCUT2D eigenvalue weighted by Crippen LogP contribution is -3.15. The molecule has 0 saturated heterocycles. The molecule has 0 aliphatic rings. The van der Waals surface area contributed by atoms with E-state index in [2.05, 4.69) is 10.6 Å². The van der Waals surface area contributed by atoms with E-state index < -0.39 is 0 Å². The predicted molar refractivity (Wildman–Crippen MR) is 90.7 cm³/mol. The standard InChI is InChI=1S/C17H27N3O3/c1-12(20(5)11-15(21)19-17(2,3)4)16(22)18-13-8-7-9-14(10-13)23-6/h7-10,12H,11H2,1-6H3,(H,18,22)(H,19,21)/p+1/t12-/m0/s1. The van der Waals surface area contributed by atoms with Crippen molar-refractivity contribution in [2.24, 2.45) is 0 Å². The van der Waals surface area contributed by atoms with E-state index in [1.807, 2.05) is 40.0 Å². The van der Waals surface area contributed by atoms with Gasteiger partial charge in [0.15, 0.2) is 12.6 Å². The number of amides is 2. The number of carbonyl (C=O) groups is 2. The van der Waals surface area contributed by atoms with E-state index in [4.69, 9.17) is 4.74 Å². The van der Waals surface area contributed by atoms with Crippen molar-refractivity contribution < 1.29 is 19.2 Å². The number of carbonyl (C=O) groups excluding carboxylic acids is 2. The van der Waals surface area contributed by atoms with Gasteiger partial charge in [0.05, 0.1) is 14.2 Å². The molecule has 0 spiro atoms. The zero-order valence-corrected chi connectivity index (χ0v) is 14.8. The normalized spacial score (nSPS) is 13.8. The Balaban J connectivity index is 2.59. The average Bonchev–Trinajstić information content (AvgIpc) is 2.44. The molecule has 0 radical (unpaired) electrons. The highest BCUT2D eigenvalue weighted by Gasteiger charge is 2.25. The minimum Gasteiger partial charge on any atom is -0.497 e. The molecule has 1 unspecified atom stereocenters. The number of hydrogen-bond acceptors (Lipinski definition) is 3. The third kappa shape index (κ3) is 6.69. The highest BCUT2D eigenvalue weighted by molar-refractivity contribution is 5.93. The molecule has 0 saturated carbocycles. The third-order valence-corrected chi connectivity index (χ3v) is 3.42. The van der Waals surface area contributed by atoms with Crippen molar-refractivity contribution in [3.8, 4) is 5.75 Å². The van der Waals surface area contributed by atoms with E-state index in [0.717, 1.165) is 4.90 Å². The fraction of sp³-hybridized carbons (Fsp3) is 0.529. The van der Waals surface area contributed by atoms with Crippen LogP contribution in [-0.4, -0.2) is 44.1 Å². The summed E-state index contributed by atoms with van der Waals surface area (Å²) in [4.78, 5) is 25.1. The summed E-state index contributed by atoms with van der Waals surface area (Å²) in [5.74, 6) is 0.469. The molecule has 0 fully saturated rings. The maximum absolute atomic E-state index is 12.3. The number of methoxy groups -OCH3 is 1. The molecule has 128 valence electrons. The molecule has 0 aliphatic heterocycles. The molecule has 0 aromatic heterocycles. The van der Waals surface area contributed by atoms with Crippen molar-refractivity contribution in [1.82, 2.24) is 5.32 Å². The number of likely N-dealkylation sites (N-methyl/N-ethyl adjacent to an activating group) is 1. The van der Waals surface area contributed by atoms with Gasteiger partial charge in [-0.2, -0.15) is 0 Å². The molecular formula is C17H28N3O3+. The summed E-state index contributed by atoms with van der Waals surface area (Å²) in [6.45, 7) is 7.83. The topological polar surface area (TPSA) is 71.9 Å². The maximum Gasteiger partial charge on any atom is 0.282 e. The average molecular weight is 322 g/mol. The summed E-state index contributed by atoms with van der Waals surface area (Å²) < 4.78 is 5.13. The second kappa shape index (κ2) is 7.97. The number of hydrogen-bond donors (Lipinski definition) is 3. The van der Waals surface area contributed by atoms with Gasteiger partial charge in [0.1, 0.15) is 5.75 Å². The number of nitrogens with one attached hydrogen (secondary N) is 3. The van der Waals surface area contributed by atoms with Crippen LogP contribution >= 0.6 is 0 Å². The molecule has 1 aromatic rings. The van der Waals surface area contributed by atoms with Gasteiger partial charge in [-0.15, -0.1) is 0 Å². The summed E-state index contributed by atoms with van der Waals surface area (Å²) in [6.07, 6.45) is 0. The van der Waals surface area contributed by atoms with Crippen LogP contribution in [0.15, 0.2) is 24.3 Å². The highest BCUT2D eigenvalue weighted by atomic mass is 16.5. The van der Waals surface area contributed by atoms with Crippen molar-refractivity contribution >= 4 is 17.5 Å². The molecule has 2 amide bonds. The van der Waals surface area contributed by atoms with Crippen LogP contribution in [0.2, 0.25) is 0 Å². The van der Waals surface area contributed by atoms with Crippen molar-refractivity contribution in [2.75, 3.05) is 26.0 Å². The second-order valence-corrected chi connectivity index (χ2v) is 6.76. The highest BCUT2D eigenvalue weighted by Crippen LogP contribution is 2.16. The van der Waals surface area contributed by atoms with Gasteiger partial charge in [0.2, 0.25) is 0 Å². The Labute approximate surface area is 138 Å². The van der Waals surface area contributed by atoms with Gasteiger partial charge in [0, 0.05) is 17.3 Å². The molecule has 0 heterocycles. The molecule has 3 N–H and O–H groups in total. The van der Waals surface area contributed by atoms with Gasteiger partial charge >= 0.3 is 0 Å². The Morgan fingerprint density at radius 3 is 2.52 bits per heavy atom. The van der Waals surface area contributed by atoms with E-state index in [1.54, 1.807) is 26.2 Å². The predicted octanol–water partition coefficient (Wildman–Crippen LogP) is 0.452. The van der Waals surface area contributed by atoms with Crippen LogP contribution in [0, 0.1) is 0 Å². The van der Waals surface area contributed by atoms with Gasteiger partial charge in [-0.05, 0) is 39.8 Å². The number of quaternary nitrogens is 1. The van der Waals surface area contributed by atoms with Crippen molar-refractivity contribution in [3.63, 3.8) is 0 Å². The Kier molecular flexibility index (Phi) is 6.57. The van der Waals surface area contributed by atoms with Gasteiger partial charge in [0.25, 0.3) is 11.8 Å². The van der Waals surface area contributed by atoms with E-state index in [1.165, 1.54) is 0 Å². The zero-order chi connectivity index (χ0) is 17.6. The zero-order valence-electron chi connectivity index (χ0n) is 14.8. The van der Waals surface area contributed by atoms with Crippen molar-refractivity contribution in [3.05, 3.63) is 24.3 Å². The van der Waals surface area contributed by atoms with Crippen molar-refractivity contribution in [1.29, 1.82) is 0 Å². The van der Waals surface area contributed by atoms with Gasteiger partial charge in [-0.25, -0.2) is 0 Å². The van der Waals surface area contributed by atoms with E-state index >= 15 is 0 Å². The van der Waals surface area contributed by atoms with Crippen LogP contribution in [0.25, 0.3) is 0 Å². The number of anilines is 1. The number of benzene rings is 1. The summed E-state index contributed by atoms with van der Waals surface area (Å²) in [5, 5.41) is 5.75. The van der Waals surface area contributed by atoms with Gasteiger partial charge < -0.3 is 20.3 Å². The monoisotopic (exact) mass is 322 g/mol. The lowest BCUT2D eigenvalue weighted by atomic mass is 10.1. The van der Waals surface area contributed by atoms with Gasteiger partial charge in [-0.3, -0.25) is 9.59 Å². The molecular weight excluding hydrogens is 294 g/mol. The second-order valence-electron chi connectivity index (χ2n) is 6.76. The number of rotatable bonds is 6. The lowest BCUT2D eigenvalue weighted by Gasteiger charge is -2.24. The van der Waals surface area contributed by atoms with Crippen LogP contribution in [0.4, 0.5) is 5.69 Å². The molecule has 1 rings (SSSR count). The summed E-state index contributed by atoms with van der Waals surface area (Å²) in [7, 11) is 3.41. The fourth-order valence-corrected chi connectivity index (χ4v) is 2.04. The quantitative estimate of drug-likeness (QED) is 0.712. The Morgan fingerprint density at radius 1 is 1.30 bits per heavy atom. The first-order valence-electron chi connectivity index (χ1n) is 7.70. The molecule has 6 heteroatoms. The lowest BCUT2D eigenvalue weighted by molar-refractivity contribution is -0.885. The molecule has 0 aliphatic carbocycles. The first kappa shape index (κ1) is 19.0.